The van der Waals surface area contributed by atoms with Crippen LogP contribution >= 0.6 is 11.6 Å². The van der Waals surface area contributed by atoms with Gasteiger partial charge in [-0.05, 0) is 25.0 Å². The van der Waals surface area contributed by atoms with E-state index >= 15 is 0 Å². The lowest BCUT2D eigenvalue weighted by molar-refractivity contribution is 0.778. The third-order valence-corrected chi connectivity index (χ3v) is 2.19. The molecule has 1 rings (SSSR count). The lowest BCUT2D eigenvalue weighted by Gasteiger charge is -2.07. The van der Waals surface area contributed by atoms with Crippen LogP contribution < -0.4 is 5.32 Å². The smallest absolute Gasteiger partial charge is 0.129 e. The Labute approximate surface area is 84.3 Å². The van der Waals surface area contributed by atoms with Crippen molar-refractivity contribution in [3.63, 3.8) is 0 Å². The standard InChI is InChI=1S/C10H15ClN2/c1-3-4-5-9-8(12-2)6-7-10(11)13-9/h6-7,12H,3-5H2,1-2H3. The van der Waals surface area contributed by atoms with Gasteiger partial charge in [0.25, 0.3) is 0 Å². The van der Waals surface area contributed by atoms with Crippen molar-refractivity contribution in [2.75, 3.05) is 12.4 Å². The number of hydrogen-bond acceptors (Lipinski definition) is 2. The largest absolute Gasteiger partial charge is 0.387 e. The van der Waals surface area contributed by atoms with Crippen molar-refractivity contribution >= 4 is 17.3 Å². The van der Waals surface area contributed by atoms with E-state index in [0.29, 0.717) is 5.15 Å². The molecule has 0 saturated heterocycles. The fraction of sp³-hybridized carbons (Fsp3) is 0.500. The van der Waals surface area contributed by atoms with Crippen LogP contribution in [0.4, 0.5) is 5.69 Å². The third kappa shape index (κ3) is 2.88. The number of aromatic nitrogens is 1. The molecular weight excluding hydrogens is 184 g/mol. The molecule has 0 atom stereocenters. The summed E-state index contributed by atoms with van der Waals surface area (Å²) in [6.45, 7) is 2.17. The maximum Gasteiger partial charge on any atom is 0.129 e. The monoisotopic (exact) mass is 198 g/mol. The first kappa shape index (κ1) is 10.3. The Hall–Kier alpha value is -0.760. The first-order valence-corrected chi connectivity index (χ1v) is 4.99. The van der Waals surface area contributed by atoms with Crippen molar-refractivity contribution in [3.05, 3.63) is 23.0 Å². The molecule has 0 aliphatic rings. The molecule has 0 saturated carbocycles. The van der Waals surface area contributed by atoms with Gasteiger partial charge in [-0.3, -0.25) is 0 Å². The summed E-state index contributed by atoms with van der Waals surface area (Å²) < 4.78 is 0. The summed E-state index contributed by atoms with van der Waals surface area (Å²) in [5, 5.41) is 3.68. The Bertz CT molecular complexity index is 274. The number of nitrogens with one attached hydrogen (secondary N) is 1. The van der Waals surface area contributed by atoms with Gasteiger partial charge in [0, 0.05) is 7.05 Å². The number of unbranched alkanes of at least 4 members (excludes halogenated alkanes) is 1. The summed E-state index contributed by atoms with van der Waals surface area (Å²) in [6, 6.07) is 3.78. The molecular formula is C10H15ClN2. The molecule has 1 heterocycles. The molecule has 72 valence electrons. The van der Waals surface area contributed by atoms with Gasteiger partial charge >= 0.3 is 0 Å². The van der Waals surface area contributed by atoms with Gasteiger partial charge in [0.15, 0.2) is 0 Å². The maximum atomic E-state index is 5.81. The SMILES string of the molecule is CCCCc1nc(Cl)ccc1NC. The van der Waals surface area contributed by atoms with Gasteiger partial charge < -0.3 is 5.32 Å². The lowest BCUT2D eigenvalue weighted by atomic mass is 10.1. The zero-order valence-electron chi connectivity index (χ0n) is 8.10. The Kier molecular flexibility index (Phi) is 4.03. The predicted octanol–water partition coefficient (Wildman–Crippen LogP) is 3.12. The highest BCUT2D eigenvalue weighted by atomic mass is 35.5. The molecule has 0 spiro atoms. The van der Waals surface area contributed by atoms with Crippen molar-refractivity contribution < 1.29 is 0 Å². The van der Waals surface area contributed by atoms with Crippen LogP contribution in [-0.4, -0.2) is 12.0 Å². The minimum Gasteiger partial charge on any atom is -0.387 e. The second-order valence-electron chi connectivity index (χ2n) is 2.98. The van der Waals surface area contributed by atoms with E-state index in [0.717, 1.165) is 24.2 Å². The Morgan fingerprint density at radius 3 is 2.85 bits per heavy atom. The van der Waals surface area contributed by atoms with Gasteiger partial charge in [-0.1, -0.05) is 24.9 Å². The average Bonchev–Trinajstić information content (AvgIpc) is 2.15. The number of anilines is 1. The second-order valence-corrected chi connectivity index (χ2v) is 3.37. The van der Waals surface area contributed by atoms with Crippen LogP contribution in [0.25, 0.3) is 0 Å². The molecule has 3 heteroatoms. The van der Waals surface area contributed by atoms with Crippen molar-refractivity contribution in [3.8, 4) is 0 Å². The number of aryl methyl sites for hydroxylation is 1. The lowest BCUT2D eigenvalue weighted by Crippen LogP contribution is -1.98. The summed E-state index contributed by atoms with van der Waals surface area (Å²) in [5.74, 6) is 0. The van der Waals surface area contributed by atoms with Gasteiger partial charge in [0.2, 0.25) is 0 Å². The van der Waals surface area contributed by atoms with E-state index in [9.17, 15) is 0 Å². The van der Waals surface area contributed by atoms with Gasteiger partial charge in [0.05, 0.1) is 11.4 Å². The van der Waals surface area contributed by atoms with E-state index in [1.807, 2.05) is 19.2 Å². The van der Waals surface area contributed by atoms with E-state index in [4.69, 9.17) is 11.6 Å². The van der Waals surface area contributed by atoms with Crippen LogP contribution in [0.15, 0.2) is 12.1 Å². The third-order valence-electron chi connectivity index (χ3n) is 1.98. The summed E-state index contributed by atoms with van der Waals surface area (Å²) in [6.07, 6.45) is 3.33. The number of pyridine rings is 1. The molecule has 1 aromatic heterocycles. The molecule has 0 radical (unpaired) electrons. The molecule has 2 nitrogen and oxygen atoms in total. The van der Waals surface area contributed by atoms with Gasteiger partial charge in [-0.15, -0.1) is 0 Å². The quantitative estimate of drug-likeness (QED) is 0.752. The number of halogens is 1. The first-order chi connectivity index (χ1) is 6.27. The minimum atomic E-state index is 0.574. The molecule has 0 aromatic carbocycles. The molecule has 0 fully saturated rings. The normalized spacial score (nSPS) is 10.1. The molecule has 0 amide bonds. The Balaban J connectivity index is 2.81. The first-order valence-electron chi connectivity index (χ1n) is 4.61. The van der Waals surface area contributed by atoms with Crippen molar-refractivity contribution in [1.29, 1.82) is 0 Å². The molecule has 0 aliphatic heterocycles. The van der Waals surface area contributed by atoms with Gasteiger partial charge in [0.1, 0.15) is 5.15 Å². The molecule has 13 heavy (non-hydrogen) atoms. The van der Waals surface area contributed by atoms with Crippen molar-refractivity contribution in [2.24, 2.45) is 0 Å². The van der Waals surface area contributed by atoms with Crippen LogP contribution in [0.3, 0.4) is 0 Å². The van der Waals surface area contributed by atoms with Crippen molar-refractivity contribution in [2.45, 2.75) is 26.2 Å². The molecule has 1 N–H and O–H groups in total. The fourth-order valence-electron chi connectivity index (χ4n) is 1.24. The van der Waals surface area contributed by atoms with E-state index in [2.05, 4.69) is 17.2 Å². The highest BCUT2D eigenvalue weighted by Crippen LogP contribution is 2.17. The molecule has 0 unspecified atom stereocenters. The van der Waals surface area contributed by atoms with E-state index < -0.39 is 0 Å². The number of rotatable bonds is 4. The van der Waals surface area contributed by atoms with Crippen molar-refractivity contribution in [1.82, 2.24) is 4.98 Å². The van der Waals surface area contributed by atoms with Gasteiger partial charge in [-0.2, -0.15) is 0 Å². The van der Waals surface area contributed by atoms with Gasteiger partial charge in [-0.25, -0.2) is 4.98 Å². The summed E-state index contributed by atoms with van der Waals surface area (Å²) in [4.78, 5) is 4.28. The zero-order chi connectivity index (χ0) is 9.68. The highest BCUT2D eigenvalue weighted by molar-refractivity contribution is 6.29. The van der Waals surface area contributed by atoms with Crippen LogP contribution in [0.2, 0.25) is 5.15 Å². The molecule has 0 aliphatic carbocycles. The fourth-order valence-corrected chi connectivity index (χ4v) is 1.40. The van der Waals surface area contributed by atoms with Crippen LogP contribution in [-0.2, 0) is 6.42 Å². The topological polar surface area (TPSA) is 24.9 Å². The number of hydrogen-bond donors (Lipinski definition) is 1. The van der Waals surface area contributed by atoms with Crippen LogP contribution in [0.5, 0.6) is 0 Å². The Morgan fingerprint density at radius 2 is 2.23 bits per heavy atom. The number of nitrogens with zero attached hydrogens (tertiary/aromatic N) is 1. The summed E-state index contributed by atoms with van der Waals surface area (Å²) in [7, 11) is 1.90. The van der Waals surface area contributed by atoms with Crippen LogP contribution in [0, 0.1) is 0 Å². The van der Waals surface area contributed by atoms with E-state index in [-0.39, 0.29) is 0 Å². The minimum absolute atomic E-state index is 0.574. The van der Waals surface area contributed by atoms with Crippen LogP contribution in [0.1, 0.15) is 25.5 Å². The highest BCUT2D eigenvalue weighted by Gasteiger charge is 2.02. The van der Waals surface area contributed by atoms with E-state index in [1.165, 1.54) is 6.42 Å². The molecule has 1 aromatic rings. The summed E-state index contributed by atoms with van der Waals surface area (Å²) in [5.41, 5.74) is 2.15. The van der Waals surface area contributed by atoms with E-state index in [1.54, 1.807) is 0 Å². The maximum absolute atomic E-state index is 5.81. The second kappa shape index (κ2) is 5.07. The zero-order valence-corrected chi connectivity index (χ0v) is 8.86. The summed E-state index contributed by atoms with van der Waals surface area (Å²) >= 11 is 5.81. The predicted molar refractivity (Wildman–Crippen MR) is 57.4 cm³/mol. The molecule has 0 bridgehead atoms. The average molecular weight is 199 g/mol. The Morgan fingerprint density at radius 1 is 1.46 bits per heavy atom.